The average molecular weight is 1020 g/mol. The lowest BCUT2D eigenvalue weighted by molar-refractivity contribution is -0.167. The molecule has 0 saturated heterocycles. The Morgan fingerprint density at radius 2 is 0.458 bits per heavy atom. The van der Waals surface area contributed by atoms with Crippen LogP contribution in [0.4, 0.5) is 0 Å². The standard InChI is InChI=1S/C66H128O6/c1-5-7-9-11-13-15-17-19-21-23-24-25-31-35-39-43-47-51-55-59-66(69)72-63(60-70-64(67)57-53-49-45-41-37-33-29-22-20-18-16-14-12-10-8-6-2)61-71-65(68)58-54-50-46-42-38-34-30-27-26-28-32-36-40-44-48-52-56-62(3)4/h62-63H,5-61H2,1-4H3/t63-/m0/s1. The van der Waals surface area contributed by atoms with Crippen LogP contribution in [-0.2, 0) is 28.6 Å². The van der Waals surface area contributed by atoms with Crippen LogP contribution in [0.5, 0.6) is 0 Å². The maximum Gasteiger partial charge on any atom is 0.306 e. The van der Waals surface area contributed by atoms with Crippen molar-refractivity contribution >= 4 is 17.9 Å². The SMILES string of the molecule is CCCCCCCCCCCCCCCCCCCCCC(=O)O[C@@H](COC(=O)CCCCCCCCCCCCCCCCCC)COC(=O)CCCCCCCCCCCCCCCCCCC(C)C. The van der Waals surface area contributed by atoms with Crippen molar-refractivity contribution in [1.82, 2.24) is 0 Å². The number of unbranched alkanes of at least 4 members (excludes halogenated alkanes) is 48. The highest BCUT2D eigenvalue weighted by Gasteiger charge is 2.19. The summed E-state index contributed by atoms with van der Waals surface area (Å²) in [6.07, 6.45) is 68.2. The minimum Gasteiger partial charge on any atom is -0.462 e. The number of carbonyl (C=O) groups is 3. The van der Waals surface area contributed by atoms with Crippen molar-refractivity contribution in [3.05, 3.63) is 0 Å². The van der Waals surface area contributed by atoms with E-state index >= 15 is 0 Å². The van der Waals surface area contributed by atoms with E-state index < -0.39 is 6.10 Å². The van der Waals surface area contributed by atoms with Gasteiger partial charge >= 0.3 is 17.9 Å². The molecule has 0 amide bonds. The minimum atomic E-state index is -0.763. The molecule has 0 rings (SSSR count). The Bertz CT molecular complexity index is 1090. The van der Waals surface area contributed by atoms with E-state index in [9.17, 15) is 14.4 Å². The molecule has 0 aromatic carbocycles. The number of hydrogen-bond acceptors (Lipinski definition) is 6. The van der Waals surface area contributed by atoms with Crippen molar-refractivity contribution in [2.75, 3.05) is 13.2 Å². The predicted octanol–water partition coefficient (Wildman–Crippen LogP) is 22.1. The van der Waals surface area contributed by atoms with Crippen LogP contribution < -0.4 is 0 Å². The fourth-order valence-corrected chi connectivity index (χ4v) is 10.3. The molecule has 0 aromatic rings. The quantitative estimate of drug-likeness (QED) is 0.0343. The fraction of sp³-hybridized carbons (Fsp3) is 0.955. The molecule has 72 heavy (non-hydrogen) atoms. The molecule has 0 heterocycles. The van der Waals surface area contributed by atoms with Gasteiger partial charge in [0.15, 0.2) is 6.10 Å². The van der Waals surface area contributed by atoms with E-state index in [1.54, 1.807) is 0 Å². The lowest BCUT2D eigenvalue weighted by Crippen LogP contribution is -2.30. The second-order valence-electron chi connectivity index (χ2n) is 23.2. The minimum absolute atomic E-state index is 0.0609. The molecule has 0 aliphatic heterocycles. The second-order valence-corrected chi connectivity index (χ2v) is 23.2. The van der Waals surface area contributed by atoms with Gasteiger partial charge in [0.2, 0.25) is 0 Å². The van der Waals surface area contributed by atoms with Gasteiger partial charge in [0, 0.05) is 19.3 Å². The van der Waals surface area contributed by atoms with Gasteiger partial charge in [0.1, 0.15) is 13.2 Å². The van der Waals surface area contributed by atoms with Crippen LogP contribution in [0, 0.1) is 5.92 Å². The molecule has 0 fully saturated rings. The summed E-state index contributed by atoms with van der Waals surface area (Å²) in [7, 11) is 0. The number of rotatable bonds is 61. The van der Waals surface area contributed by atoms with Crippen molar-refractivity contribution in [1.29, 1.82) is 0 Å². The summed E-state index contributed by atoms with van der Waals surface area (Å²) in [4.78, 5) is 38.3. The summed E-state index contributed by atoms with van der Waals surface area (Å²) in [5.74, 6) is 0.0280. The van der Waals surface area contributed by atoms with Gasteiger partial charge in [-0.2, -0.15) is 0 Å². The number of esters is 3. The van der Waals surface area contributed by atoms with Crippen molar-refractivity contribution in [2.24, 2.45) is 5.92 Å². The Morgan fingerprint density at radius 3 is 0.681 bits per heavy atom. The highest BCUT2D eigenvalue weighted by molar-refractivity contribution is 5.71. The maximum absolute atomic E-state index is 12.9. The lowest BCUT2D eigenvalue weighted by atomic mass is 10.0. The summed E-state index contributed by atoms with van der Waals surface area (Å²) >= 11 is 0. The zero-order chi connectivity index (χ0) is 52.3. The first-order chi connectivity index (χ1) is 35.4. The number of carbonyl (C=O) groups excluding carboxylic acids is 3. The third kappa shape index (κ3) is 59.3. The topological polar surface area (TPSA) is 78.9 Å². The lowest BCUT2D eigenvalue weighted by Gasteiger charge is -2.18. The Hall–Kier alpha value is -1.59. The van der Waals surface area contributed by atoms with Gasteiger partial charge in [0.05, 0.1) is 0 Å². The Morgan fingerprint density at radius 1 is 0.264 bits per heavy atom. The van der Waals surface area contributed by atoms with Gasteiger partial charge in [-0.15, -0.1) is 0 Å². The molecular formula is C66H128O6. The largest absolute Gasteiger partial charge is 0.462 e. The van der Waals surface area contributed by atoms with Gasteiger partial charge in [-0.25, -0.2) is 0 Å². The first-order valence-electron chi connectivity index (χ1n) is 32.9. The van der Waals surface area contributed by atoms with Crippen LogP contribution in [0.25, 0.3) is 0 Å². The molecule has 0 aliphatic carbocycles. The summed E-state index contributed by atoms with van der Waals surface area (Å²) in [5.41, 5.74) is 0. The third-order valence-electron chi connectivity index (χ3n) is 15.3. The van der Waals surface area contributed by atoms with Gasteiger partial charge in [-0.3, -0.25) is 14.4 Å². The van der Waals surface area contributed by atoms with Crippen LogP contribution in [0.1, 0.15) is 381 Å². The molecule has 0 aromatic heterocycles. The Kier molecular flexibility index (Phi) is 58.9. The van der Waals surface area contributed by atoms with E-state index in [1.807, 2.05) is 0 Å². The van der Waals surface area contributed by atoms with E-state index in [4.69, 9.17) is 14.2 Å². The zero-order valence-electron chi connectivity index (χ0n) is 49.4. The van der Waals surface area contributed by atoms with Gasteiger partial charge in [0.25, 0.3) is 0 Å². The van der Waals surface area contributed by atoms with Crippen molar-refractivity contribution < 1.29 is 28.6 Å². The maximum atomic E-state index is 12.9. The molecule has 0 spiro atoms. The van der Waals surface area contributed by atoms with Crippen molar-refractivity contribution in [2.45, 2.75) is 387 Å². The molecule has 6 nitrogen and oxygen atoms in total. The van der Waals surface area contributed by atoms with Crippen molar-refractivity contribution in [3.8, 4) is 0 Å². The third-order valence-corrected chi connectivity index (χ3v) is 15.3. The molecule has 428 valence electrons. The molecule has 1 atom stereocenters. The van der Waals surface area contributed by atoms with Gasteiger partial charge < -0.3 is 14.2 Å². The van der Waals surface area contributed by atoms with Crippen LogP contribution in [0.3, 0.4) is 0 Å². The first kappa shape index (κ1) is 70.4. The van der Waals surface area contributed by atoms with E-state index in [0.717, 1.165) is 63.7 Å². The molecule has 0 aliphatic rings. The molecule has 0 saturated carbocycles. The Balaban J connectivity index is 4.28. The second kappa shape index (κ2) is 60.3. The summed E-state index contributed by atoms with van der Waals surface area (Å²) in [6.45, 7) is 9.10. The summed E-state index contributed by atoms with van der Waals surface area (Å²) < 4.78 is 17.0. The molecule has 0 radical (unpaired) electrons. The van der Waals surface area contributed by atoms with E-state index in [0.29, 0.717) is 19.3 Å². The number of hydrogen-bond donors (Lipinski definition) is 0. The normalized spacial score (nSPS) is 12.0. The summed E-state index contributed by atoms with van der Waals surface area (Å²) in [6, 6.07) is 0. The first-order valence-corrected chi connectivity index (χ1v) is 32.9. The van der Waals surface area contributed by atoms with Gasteiger partial charge in [-0.1, -0.05) is 342 Å². The van der Waals surface area contributed by atoms with Crippen LogP contribution in [-0.4, -0.2) is 37.2 Å². The van der Waals surface area contributed by atoms with Crippen LogP contribution >= 0.6 is 0 Å². The smallest absolute Gasteiger partial charge is 0.306 e. The highest BCUT2D eigenvalue weighted by Crippen LogP contribution is 2.19. The molecular weight excluding hydrogens is 889 g/mol. The Labute approximate surface area is 450 Å². The molecule has 0 unspecified atom stereocenters. The van der Waals surface area contributed by atoms with E-state index in [-0.39, 0.29) is 31.1 Å². The average Bonchev–Trinajstić information content (AvgIpc) is 3.37. The van der Waals surface area contributed by atoms with Crippen LogP contribution in [0.2, 0.25) is 0 Å². The van der Waals surface area contributed by atoms with E-state index in [2.05, 4.69) is 27.7 Å². The molecule has 0 N–H and O–H groups in total. The highest BCUT2D eigenvalue weighted by atomic mass is 16.6. The van der Waals surface area contributed by atoms with E-state index in [1.165, 1.54) is 276 Å². The molecule has 0 bridgehead atoms. The van der Waals surface area contributed by atoms with Crippen LogP contribution in [0.15, 0.2) is 0 Å². The zero-order valence-corrected chi connectivity index (χ0v) is 49.4. The number of ether oxygens (including phenoxy) is 3. The molecule has 6 heteroatoms. The summed E-state index contributed by atoms with van der Waals surface area (Å²) in [5, 5.41) is 0. The van der Waals surface area contributed by atoms with Gasteiger partial charge in [-0.05, 0) is 25.2 Å². The predicted molar refractivity (Wildman–Crippen MR) is 312 cm³/mol. The fourth-order valence-electron chi connectivity index (χ4n) is 10.3. The monoisotopic (exact) mass is 1020 g/mol. The van der Waals surface area contributed by atoms with Crippen molar-refractivity contribution in [3.63, 3.8) is 0 Å².